The molecular weight excluding hydrogens is 358 g/mol. The molecular formula is C21H24N3O4+. The maximum atomic E-state index is 12.2. The molecule has 1 heterocycles. The lowest BCUT2D eigenvalue weighted by Crippen LogP contribution is -3.12. The van der Waals surface area contributed by atoms with E-state index in [0.717, 1.165) is 38.4 Å². The molecule has 1 saturated heterocycles. The molecule has 1 amide bonds. The molecule has 2 aromatic carbocycles. The van der Waals surface area contributed by atoms with E-state index in [1.807, 2.05) is 18.2 Å². The van der Waals surface area contributed by atoms with Gasteiger partial charge < -0.3 is 15.0 Å². The van der Waals surface area contributed by atoms with Crippen LogP contribution in [-0.2, 0) is 22.6 Å². The van der Waals surface area contributed by atoms with Gasteiger partial charge in [0.1, 0.15) is 19.6 Å². The number of morpholine rings is 1. The van der Waals surface area contributed by atoms with Crippen molar-refractivity contribution in [3.05, 3.63) is 81.4 Å². The monoisotopic (exact) mass is 382 g/mol. The summed E-state index contributed by atoms with van der Waals surface area (Å²) in [6, 6.07) is 14.3. The highest BCUT2D eigenvalue weighted by molar-refractivity contribution is 5.91. The van der Waals surface area contributed by atoms with Gasteiger partial charge in [0.2, 0.25) is 5.91 Å². The Labute approximate surface area is 163 Å². The van der Waals surface area contributed by atoms with E-state index in [1.165, 1.54) is 28.7 Å². The molecule has 7 heteroatoms. The number of rotatable bonds is 7. The van der Waals surface area contributed by atoms with E-state index >= 15 is 0 Å². The highest BCUT2D eigenvalue weighted by atomic mass is 16.6. The summed E-state index contributed by atoms with van der Waals surface area (Å²) in [5, 5.41) is 13.7. The molecule has 0 aliphatic carbocycles. The van der Waals surface area contributed by atoms with E-state index in [0.29, 0.717) is 12.1 Å². The highest BCUT2D eigenvalue weighted by Gasteiger charge is 2.16. The Morgan fingerprint density at radius 2 is 1.89 bits per heavy atom. The first-order chi connectivity index (χ1) is 13.6. The number of ether oxygens (including phenoxy) is 1. The molecule has 1 aliphatic rings. The fourth-order valence-electron chi connectivity index (χ4n) is 3.16. The third-order valence-corrected chi connectivity index (χ3v) is 4.72. The number of nitro benzene ring substituents is 1. The Kier molecular flexibility index (Phi) is 6.89. The van der Waals surface area contributed by atoms with Gasteiger partial charge in [-0.1, -0.05) is 36.4 Å². The number of nitro groups is 1. The zero-order valence-corrected chi connectivity index (χ0v) is 15.6. The third-order valence-electron chi connectivity index (χ3n) is 4.72. The van der Waals surface area contributed by atoms with Crippen molar-refractivity contribution in [3.63, 3.8) is 0 Å². The van der Waals surface area contributed by atoms with E-state index in [-0.39, 0.29) is 11.6 Å². The van der Waals surface area contributed by atoms with Crippen LogP contribution in [0.4, 0.5) is 5.69 Å². The lowest BCUT2D eigenvalue weighted by Gasteiger charge is -2.24. The van der Waals surface area contributed by atoms with Crippen LogP contribution in [0.5, 0.6) is 0 Å². The van der Waals surface area contributed by atoms with Crippen LogP contribution in [0.25, 0.3) is 6.08 Å². The standard InChI is InChI=1S/C21H23N3O4/c25-21(9-8-17-4-3-7-20(14-17)24(26)27)22-15-18-5-1-2-6-19(18)16-23-10-12-28-13-11-23/h1-9,14H,10-13,15-16H2,(H,22,25)/p+1/b9-8+. The Bertz CT molecular complexity index is 860. The number of hydrogen-bond donors (Lipinski definition) is 2. The number of non-ortho nitro benzene ring substituents is 1. The first kappa shape index (κ1) is 19.7. The lowest BCUT2D eigenvalue weighted by molar-refractivity contribution is -0.921. The predicted molar refractivity (Wildman–Crippen MR) is 106 cm³/mol. The second-order valence-electron chi connectivity index (χ2n) is 6.71. The van der Waals surface area contributed by atoms with E-state index in [9.17, 15) is 14.9 Å². The average Bonchev–Trinajstić information content (AvgIpc) is 2.72. The molecule has 28 heavy (non-hydrogen) atoms. The number of amides is 1. The van der Waals surface area contributed by atoms with Gasteiger partial charge in [0.25, 0.3) is 5.69 Å². The maximum Gasteiger partial charge on any atom is 0.270 e. The van der Waals surface area contributed by atoms with Gasteiger partial charge in [-0.25, -0.2) is 0 Å². The minimum atomic E-state index is -0.454. The molecule has 0 spiro atoms. The first-order valence-corrected chi connectivity index (χ1v) is 9.30. The second-order valence-corrected chi connectivity index (χ2v) is 6.71. The number of hydrogen-bond acceptors (Lipinski definition) is 4. The van der Waals surface area contributed by atoms with Gasteiger partial charge in [0.15, 0.2) is 0 Å². The zero-order valence-electron chi connectivity index (χ0n) is 15.6. The van der Waals surface area contributed by atoms with Crippen LogP contribution in [0.1, 0.15) is 16.7 Å². The summed E-state index contributed by atoms with van der Waals surface area (Å²) in [5.74, 6) is -0.236. The van der Waals surface area contributed by atoms with Crippen molar-refractivity contribution < 1.29 is 19.4 Å². The molecule has 0 saturated carbocycles. The Balaban J connectivity index is 1.57. The molecule has 1 aliphatic heterocycles. The van der Waals surface area contributed by atoms with E-state index < -0.39 is 4.92 Å². The fourth-order valence-corrected chi connectivity index (χ4v) is 3.16. The van der Waals surface area contributed by atoms with Gasteiger partial charge in [-0.3, -0.25) is 14.9 Å². The molecule has 146 valence electrons. The Morgan fingerprint density at radius 1 is 1.14 bits per heavy atom. The Hall–Kier alpha value is -3.03. The van der Waals surface area contributed by atoms with Gasteiger partial charge in [-0.15, -0.1) is 0 Å². The van der Waals surface area contributed by atoms with Gasteiger partial charge >= 0.3 is 0 Å². The number of quaternary nitrogens is 1. The van der Waals surface area contributed by atoms with Crippen molar-refractivity contribution in [1.29, 1.82) is 0 Å². The van der Waals surface area contributed by atoms with Crippen LogP contribution in [0.2, 0.25) is 0 Å². The van der Waals surface area contributed by atoms with Crippen molar-refractivity contribution in [2.24, 2.45) is 0 Å². The van der Waals surface area contributed by atoms with Crippen LogP contribution in [0.15, 0.2) is 54.6 Å². The SMILES string of the molecule is O=C(/C=C/c1cccc([N+](=O)[O-])c1)NCc1ccccc1C[NH+]1CCOCC1. The van der Waals surface area contributed by atoms with Crippen molar-refractivity contribution in [2.45, 2.75) is 13.1 Å². The minimum absolute atomic E-state index is 0.00194. The van der Waals surface area contributed by atoms with Crippen molar-refractivity contribution in [1.82, 2.24) is 5.32 Å². The first-order valence-electron chi connectivity index (χ1n) is 9.30. The normalized spacial score (nSPS) is 14.9. The number of nitrogens with one attached hydrogen (secondary N) is 2. The Morgan fingerprint density at radius 3 is 2.64 bits per heavy atom. The number of carbonyl (C=O) groups excluding carboxylic acids is 1. The minimum Gasteiger partial charge on any atom is -0.370 e. The summed E-state index contributed by atoms with van der Waals surface area (Å²) >= 11 is 0. The quantitative estimate of drug-likeness (QED) is 0.430. The van der Waals surface area contributed by atoms with Crippen LogP contribution in [-0.4, -0.2) is 37.1 Å². The fraction of sp³-hybridized carbons (Fsp3) is 0.286. The lowest BCUT2D eigenvalue weighted by atomic mass is 10.1. The number of benzene rings is 2. The van der Waals surface area contributed by atoms with Crippen LogP contribution < -0.4 is 10.2 Å². The predicted octanol–water partition coefficient (Wildman–Crippen LogP) is 1.34. The molecule has 2 N–H and O–H groups in total. The van der Waals surface area contributed by atoms with Crippen LogP contribution >= 0.6 is 0 Å². The maximum absolute atomic E-state index is 12.2. The molecule has 2 aromatic rings. The zero-order chi connectivity index (χ0) is 19.8. The third kappa shape index (κ3) is 5.73. The van der Waals surface area contributed by atoms with Crippen molar-refractivity contribution in [3.8, 4) is 0 Å². The summed E-state index contributed by atoms with van der Waals surface area (Å²) in [5.41, 5.74) is 2.93. The van der Waals surface area contributed by atoms with Crippen molar-refractivity contribution in [2.75, 3.05) is 26.3 Å². The largest absolute Gasteiger partial charge is 0.370 e. The van der Waals surface area contributed by atoms with Gasteiger partial charge in [-0.2, -0.15) is 0 Å². The smallest absolute Gasteiger partial charge is 0.270 e. The summed E-state index contributed by atoms with van der Waals surface area (Å²) in [7, 11) is 0. The highest BCUT2D eigenvalue weighted by Crippen LogP contribution is 2.14. The number of carbonyl (C=O) groups is 1. The van der Waals surface area contributed by atoms with Gasteiger partial charge in [-0.05, 0) is 17.2 Å². The van der Waals surface area contributed by atoms with Crippen molar-refractivity contribution >= 4 is 17.7 Å². The average molecular weight is 382 g/mol. The molecule has 0 aromatic heterocycles. The molecule has 1 fully saturated rings. The number of nitrogens with zero attached hydrogens (tertiary/aromatic N) is 1. The second kappa shape index (κ2) is 9.77. The summed E-state index contributed by atoms with van der Waals surface area (Å²) in [4.78, 5) is 24.0. The molecule has 7 nitrogen and oxygen atoms in total. The molecule has 0 bridgehead atoms. The van der Waals surface area contributed by atoms with Gasteiger partial charge in [0.05, 0.1) is 18.1 Å². The molecule has 0 unspecified atom stereocenters. The van der Waals surface area contributed by atoms with E-state index in [1.54, 1.807) is 18.2 Å². The van der Waals surface area contributed by atoms with Gasteiger partial charge in [0, 0.05) is 30.3 Å². The summed E-state index contributed by atoms with van der Waals surface area (Å²) in [6.45, 7) is 4.92. The van der Waals surface area contributed by atoms with Crippen LogP contribution in [0, 0.1) is 10.1 Å². The molecule has 0 atom stereocenters. The summed E-state index contributed by atoms with van der Waals surface area (Å²) < 4.78 is 5.41. The topological polar surface area (TPSA) is 85.9 Å². The van der Waals surface area contributed by atoms with E-state index in [4.69, 9.17) is 4.74 Å². The van der Waals surface area contributed by atoms with E-state index in [2.05, 4.69) is 11.4 Å². The molecule has 0 radical (unpaired) electrons. The summed E-state index contributed by atoms with van der Waals surface area (Å²) in [6.07, 6.45) is 2.97. The van der Waals surface area contributed by atoms with Crippen LogP contribution in [0.3, 0.4) is 0 Å². The molecule has 3 rings (SSSR count).